The molecule has 1 aromatic heterocycles. The molecule has 4 rings (SSSR count). The molecule has 2 aromatic carbocycles. The lowest BCUT2D eigenvalue weighted by atomic mass is 10.1. The number of fused-ring (bicyclic) bond motifs is 1. The molecule has 1 saturated heterocycles. The second-order valence-corrected chi connectivity index (χ2v) is 10.3. The maximum absolute atomic E-state index is 13.6. The van der Waals surface area contributed by atoms with E-state index in [1.165, 1.54) is 16.4 Å². The van der Waals surface area contributed by atoms with Gasteiger partial charge in [-0.25, -0.2) is 12.8 Å². The number of aromatic nitrogens is 1. The molecule has 1 fully saturated rings. The minimum Gasteiger partial charge on any atom is -0.370 e. The normalized spacial score (nSPS) is 14.2. The highest BCUT2D eigenvalue weighted by Gasteiger charge is 2.25. The van der Waals surface area contributed by atoms with E-state index in [9.17, 15) is 17.6 Å². The zero-order chi connectivity index (χ0) is 24.5. The fraction of sp³-hybridized carbons (Fsp3) is 0.360. The SMILES string of the molecule is CCN(CC)S(=O)(=O)c1ccc(N2CCCC2)c(NC(=O)c2cc3ccc(F)cc3nc2C)c1. The van der Waals surface area contributed by atoms with Crippen LogP contribution in [0.3, 0.4) is 0 Å². The summed E-state index contributed by atoms with van der Waals surface area (Å²) in [4.78, 5) is 20.0. The summed E-state index contributed by atoms with van der Waals surface area (Å²) in [5.41, 5.74) is 2.52. The first-order valence-electron chi connectivity index (χ1n) is 11.5. The summed E-state index contributed by atoms with van der Waals surface area (Å²) < 4.78 is 41.2. The minimum absolute atomic E-state index is 0.137. The summed E-state index contributed by atoms with van der Waals surface area (Å²) in [6.07, 6.45) is 2.08. The van der Waals surface area contributed by atoms with Crippen LogP contribution in [0.2, 0.25) is 0 Å². The number of amides is 1. The Morgan fingerprint density at radius 1 is 1.09 bits per heavy atom. The van der Waals surface area contributed by atoms with Crippen molar-refractivity contribution < 1.29 is 17.6 Å². The van der Waals surface area contributed by atoms with Gasteiger partial charge in [0.25, 0.3) is 5.91 Å². The number of hydrogen-bond acceptors (Lipinski definition) is 5. The number of carbonyl (C=O) groups is 1. The van der Waals surface area contributed by atoms with E-state index in [0.29, 0.717) is 40.9 Å². The van der Waals surface area contributed by atoms with Gasteiger partial charge in [0, 0.05) is 37.6 Å². The van der Waals surface area contributed by atoms with Gasteiger partial charge in [-0.15, -0.1) is 0 Å². The first-order valence-corrected chi connectivity index (χ1v) is 13.0. The Hall–Kier alpha value is -3.04. The molecule has 0 saturated carbocycles. The summed E-state index contributed by atoms with van der Waals surface area (Å²) in [6.45, 7) is 7.68. The third kappa shape index (κ3) is 4.63. The third-order valence-corrected chi connectivity index (χ3v) is 8.27. The van der Waals surface area contributed by atoms with E-state index >= 15 is 0 Å². The monoisotopic (exact) mass is 484 g/mol. The van der Waals surface area contributed by atoms with Crippen molar-refractivity contribution in [1.82, 2.24) is 9.29 Å². The van der Waals surface area contributed by atoms with E-state index in [0.717, 1.165) is 31.6 Å². The van der Waals surface area contributed by atoms with Gasteiger partial charge in [-0.05, 0) is 56.2 Å². The van der Waals surface area contributed by atoms with Crippen LogP contribution in [-0.4, -0.2) is 49.8 Å². The largest absolute Gasteiger partial charge is 0.370 e. The quantitative estimate of drug-likeness (QED) is 0.531. The first kappa shape index (κ1) is 24.1. The zero-order valence-electron chi connectivity index (χ0n) is 19.6. The lowest BCUT2D eigenvalue weighted by molar-refractivity contribution is 0.102. The molecule has 1 aliphatic rings. The molecule has 0 radical (unpaired) electrons. The van der Waals surface area contributed by atoms with E-state index in [2.05, 4.69) is 15.2 Å². The molecule has 1 amide bonds. The topological polar surface area (TPSA) is 82.6 Å². The molecule has 3 aromatic rings. The number of pyridine rings is 1. The molecular weight excluding hydrogens is 455 g/mol. The fourth-order valence-corrected chi connectivity index (χ4v) is 5.86. The number of aryl methyl sites for hydroxylation is 1. The number of sulfonamides is 1. The van der Waals surface area contributed by atoms with Gasteiger partial charge in [0.2, 0.25) is 10.0 Å². The highest BCUT2D eigenvalue weighted by atomic mass is 32.2. The van der Waals surface area contributed by atoms with Crippen molar-refractivity contribution in [3.8, 4) is 0 Å². The molecule has 0 bridgehead atoms. The second-order valence-electron chi connectivity index (χ2n) is 8.37. The van der Waals surface area contributed by atoms with Crippen molar-refractivity contribution in [1.29, 1.82) is 0 Å². The molecule has 1 N–H and O–H groups in total. The number of halogens is 1. The number of rotatable bonds is 7. The Morgan fingerprint density at radius 2 is 1.79 bits per heavy atom. The van der Waals surface area contributed by atoms with Crippen LogP contribution in [-0.2, 0) is 10.0 Å². The van der Waals surface area contributed by atoms with E-state index in [4.69, 9.17) is 0 Å². The molecule has 9 heteroatoms. The number of benzene rings is 2. The van der Waals surface area contributed by atoms with E-state index in [-0.39, 0.29) is 4.90 Å². The van der Waals surface area contributed by atoms with Gasteiger partial charge in [-0.3, -0.25) is 9.78 Å². The second kappa shape index (κ2) is 9.68. The number of hydrogen-bond donors (Lipinski definition) is 1. The van der Waals surface area contributed by atoms with Crippen LogP contribution in [0.25, 0.3) is 10.9 Å². The Kier molecular flexibility index (Phi) is 6.86. The Morgan fingerprint density at radius 3 is 2.47 bits per heavy atom. The van der Waals surface area contributed by atoms with Crippen LogP contribution in [0, 0.1) is 12.7 Å². The van der Waals surface area contributed by atoms with Crippen LogP contribution >= 0.6 is 0 Å². The van der Waals surface area contributed by atoms with Crippen molar-refractivity contribution in [3.63, 3.8) is 0 Å². The predicted molar refractivity (Wildman–Crippen MR) is 132 cm³/mol. The fourth-order valence-electron chi connectivity index (χ4n) is 4.38. The maximum Gasteiger partial charge on any atom is 0.257 e. The molecule has 0 aliphatic carbocycles. The molecule has 1 aliphatic heterocycles. The van der Waals surface area contributed by atoms with Gasteiger partial charge in [-0.2, -0.15) is 4.31 Å². The summed E-state index contributed by atoms with van der Waals surface area (Å²) in [5, 5.41) is 3.58. The molecule has 0 atom stereocenters. The highest BCUT2D eigenvalue weighted by Crippen LogP contribution is 2.33. The average molecular weight is 485 g/mol. The number of nitrogens with zero attached hydrogens (tertiary/aromatic N) is 3. The van der Waals surface area contributed by atoms with Crippen LogP contribution in [0.4, 0.5) is 15.8 Å². The zero-order valence-corrected chi connectivity index (χ0v) is 20.5. The Labute approximate surface area is 199 Å². The molecule has 7 nitrogen and oxygen atoms in total. The van der Waals surface area contributed by atoms with Crippen LogP contribution < -0.4 is 10.2 Å². The lowest BCUT2D eigenvalue weighted by Crippen LogP contribution is -2.31. The van der Waals surface area contributed by atoms with Gasteiger partial charge >= 0.3 is 0 Å². The van der Waals surface area contributed by atoms with Crippen molar-refractivity contribution in [2.24, 2.45) is 0 Å². The van der Waals surface area contributed by atoms with Gasteiger partial charge in [0.15, 0.2) is 0 Å². The Balaban J connectivity index is 1.74. The van der Waals surface area contributed by atoms with Gasteiger partial charge in [0.05, 0.1) is 33.0 Å². The van der Waals surface area contributed by atoms with E-state index in [1.54, 1.807) is 51.1 Å². The van der Waals surface area contributed by atoms with Crippen molar-refractivity contribution in [2.75, 3.05) is 36.4 Å². The maximum atomic E-state index is 13.6. The number of nitrogens with one attached hydrogen (secondary N) is 1. The smallest absolute Gasteiger partial charge is 0.257 e. The summed E-state index contributed by atoms with van der Waals surface area (Å²) in [7, 11) is -3.69. The first-order chi connectivity index (χ1) is 16.2. The van der Waals surface area contributed by atoms with Crippen molar-refractivity contribution in [2.45, 2.75) is 38.5 Å². The average Bonchev–Trinajstić information content (AvgIpc) is 3.33. The van der Waals surface area contributed by atoms with Crippen molar-refractivity contribution >= 4 is 38.2 Å². The van der Waals surface area contributed by atoms with E-state index < -0.39 is 21.7 Å². The number of carbonyl (C=O) groups excluding carboxylic acids is 1. The Bertz CT molecular complexity index is 1330. The van der Waals surface area contributed by atoms with Crippen LogP contribution in [0.15, 0.2) is 47.4 Å². The van der Waals surface area contributed by atoms with Gasteiger partial charge in [-0.1, -0.05) is 13.8 Å². The standard InChI is InChI=1S/C25H29FN4O3S/c1-4-30(5-2)34(32,33)20-10-11-24(29-12-6-7-13-29)23(16-20)28-25(31)21-14-18-8-9-19(26)15-22(18)27-17(21)3/h8-11,14-16H,4-7,12-13H2,1-3H3,(H,28,31). The summed E-state index contributed by atoms with van der Waals surface area (Å²) in [6, 6.07) is 10.8. The molecule has 0 spiro atoms. The molecule has 180 valence electrons. The predicted octanol–water partition coefficient (Wildman–Crippen LogP) is 4.57. The van der Waals surface area contributed by atoms with E-state index in [1.807, 2.05) is 0 Å². The van der Waals surface area contributed by atoms with Crippen LogP contribution in [0.5, 0.6) is 0 Å². The molecule has 34 heavy (non-hydrogen) atoms. The van der Waals surface area contributed by atoms with Crippen molar-refractivity contribution in [3.05, 3.63) is 59.5 Å². The van der Waals surface area contributed by atoms with Gasteiger partial charge < -0.3 is 10.2 Å². The summed E-state index contributed by atoms with van der Waals surface area (Å²) in [5.74, 6) is -0.785. The lowest BCUT2D eigenvalue weighted by Gasteiger charge is -2.24. The molecule has 2 heterocycles. The molecule has 0 unspecified atom stereocenters. The minimum atomic E-state index is -3.69. The highest BCUT2D eigenvalue weighted by molar-refractivity contribution is 7.89. The number of anilines is 2. The third-order valence-electron chi connectivity index (χ3n) is 6.22. The van der Waals surface area contributed by atoms with Gasteiger partial charge in [0.1, 0.15) is 5.82 Å². The summed E-state index contributed by atoms with van der Waals surface area (Å²) >= 11 is 0. The van der Waals surface area contributed by atoms with Crippen LogP contribution in [0.1, 0.15) is 42.7 Å². The molecular formula is C25H29FN4O3S.